The summed E-state index contributed by atoms with van der Waals surface area (Å²) in [4.78, 5) is 6.01. The zero-order chi connectivity index (χ0) is 13.2. The molecular weight excluding hydrogens is 320 g/mol. The lowest BCUT2D eigenvalue weighted by molar-refractivity contribution is 0.884. The third kappa shape index (κ3) is 2.71. The van der Waals surface area contributed by atoms with E-state index in [0.717, 1.165) is 27.9 Å². The van der Waals surface area contributed by atoms with E-state index in [1.807, 2.05) is 12.1 Å². The molecule has 1 aromatic heterocycles. The van der Waals surface area contributed by atoms with Crippen LogP contribution in [0.5, 0.6) is 0 Å². The Kier molecular flexibility index (Phi) is 3.91. The van der Waals surface area contributed by atoms with Gasteiger partial charge in [0.15, 0.2) is 0 Å². The van der Waals surface area contributed by atoms with Crippen LogP contribution < -0.4 is 5.73 Å². The average molecular weight is 335 g/mol. The Labute approximate surface area is 125 Å². The maximum Gasteiger partial charge on any atom is 0.106 e. The largest absolute Gasteiger partial charge is 0.326 e. The summed E-state index contributed by atoms with van der Waals surface area (Å²) in [6.07, 6.45) is 3.47. The van der Waals surface area contributed by atoms with Gasteiger partial charge in [-0.25, -0.2) is 4.98 Å². The first-order valence-electron chi connectivity index (χ1n) is 6.42. The second-order valence-corrected chi connectivity index (χ2v) is 6.53. The number of aryl methyl sites for hydroxylation is 2. The molecule has 1 aliphatic carbocycles. The van der Waals surface area contributed by atoms with Crippen molar-refractivity contribution in [2.75, 3.05) is 0 Å². The molecule has 0 saturated heterocycles. The molecule has 19 heavy (non-hydrogen) atoms. The van der Waals surface area contributed by atoms with Crippen LogP contribution >= 0.6 is 27.7 Å². The quantitative estimate of drug-likeness (QED) is 0.923. The van der Waals surface area contributed by atoms with Gasteiger partial charge in [0.05, 0.1) is 0 Å². The fraction of sp³-hybridized carbons (Fsp3) is 0.267. The van der Waals surface area contributed by atoms with Crippen molar-refractivity contribution in [1.82, 2.24) is 4.98 Å². The molecule has 1 aliphatic rings. The van der Waals surface area contributed by atoms with Crippen LogP contribution in [0, 0.1) is 0 Å². The Morgan fingerprint density at radius 3 is 2.89 bits per heavy atom. The van der Waals surface area contributed by atoms with E-state index in [1.54, 1.807) is 11.8 Å². The van der Waals surface area contributed by atoms with Crippen LogP contribution in [0.15, 0.2) is 44.7 Å². The molecule has 0 saturated carbocycles. The predicted molar refractivity (Wildman–Crippen MR) is 82.4 cm³/mol. The van der Waals surface area contributed by atoms with E-state index in [0.29, 0.717) is 6.54 Å². The number of hydrogen-bond acceptors (Lipinski definition) is 3. The molecule has 1 heterocycles. The standard InChI is InChI=1S/C15H15BrN2S/c16-12-5-1-2-7-14(12)19-15-11(9-17)8-10-4-3-6-13(10)18-15/h1-2,5,7-8H,3-4,6,9,17H2. The minimum Gasteiger partial charge on any atom is -0.326 e. The lowest BCUT2D eigenvalue weighted by Crippen LogP contribution is -2.03. The Morgan fingerprint density at radius 1 is 1.26 bits per heavy atom. The van der Waals surface area contributed by atoms with Crippen molar-refractivity contribution in [3.05, 3.63) is 51.6 Å². The molecule has 0 bridgehead atoms. The normalized spacial score (nSPS) is 13.6. The Morgan fingerprint density at radius 2 is 2.11 bits per heavy atom. The molecule has 2 nitrogen and oxygen atoms in total. The number of rotatable bonds is 3. The molecule has 2 N–H and O–H groups in total. The van der Waals surface area contributed by atoms with Gasteiger partial charge in [-0.1, -0.05) is 30.0 Å². The third-order valence-electron chi connectivity index (χ3n) is 3.35. The SMILES string of the molecule is NCc1cc2c(nc1Sc1ccccc1Br)CCC2. The number of aromatic nitrogens is 1. The van der Waals surface area contributed by atoms with E-state index in [-0.39, 0.29) is 0 Å². The number of benzene rings is 1. The topological polar surface area (TPSA) is 38.9 Å². The highest BCUT2D eigenvalue weighted by atomic mass is 79.9. The number of halogens is 1. The van der Waals surface area contributed by atoms with Gasteiger partial charge in [-0.2, -0.15) is 0 Å². The molecule has 3 rings (SSSR count). The van der Waals surface area contributed by atoms with E-state index in [2.05, 4.69) is 34.1 Å². The van der Waals surface area contributed by atoms with Crippen LogP contribution in [-0.4, -0.2) is 4.98 Å². The highest BCUT2D eigenvalue weighted by Gasteiger charge is 2.16. The zero-order valence-corrected chi connectivity index (χ0v) is 12.9. The Bertz CT molecular complexity index is 613. The summed E-state index contributed by atoms with van der Waals surface area (Å²) in [6.45, 7) is 0.549. The van der Waals surface area contributed by atoms with E-state index in [9.17, 15) is 0 Å². The number of nitrogens with zero attached hydrogens (tertiary/aromatic N) is 1. The highest BCUT2D eigenvalue weighted by molar-refractivity contribution is 9.10. The number of fused-ring (bicyclic) bond motifs is 1. The maximum absolute atomic E-state index is 5.87. The number of hydrogen-bond donors (Lipinski definition) is 1. The van der Waals surface area contributed by atoms with Gasteiger partial charge in [0.1, 0.15) is 5.03 Å². The van der Waals surface area contributed by atoms with Gasteiger partial charge in [0, 0.05) is 21.6 Å². The summed E-state index contributed by atoms with van der Waals surface area (Å²) in [5.41, 5.74) is 9.67. The molecule has 0 atom stereocenters. The van der Waals surface area contributed by atoms with Crippen molar-refractivity contribution in [3.63, 3.8) is 0 Å². The lowest BCUT2D eigenvalue weighted by atomic mass is 10.1. The van der Waals surface area contributed by atoms with Gasteiger partial charge in [-0.3, -0.25) is 0 Å². The van der Waals surface area contributed by atoms with Gasteiger partial charge < -0.3 is 5.73 Å². The monoisotopic (exact) mass is 334 g/mol. The fourth-order valence-electron chi connectivity index (χ4n) is 2.37. The van der Waals surface area contributed by atoms with Crippen molar-refractivity contribution >= 4 is 27.7 Å². The van der Waals surface area contributed by atoms with E-state index in [1.165, 1.54) is 22.6 Å². The van der Waals surface area contributed by atoms with Crippen molar-refractivity contribution in [2.24, 2.45) is 5.73 Å². The highest BCUT2D eigenvalue weighted by Crippen LogP contribution is 2.35. The van der Waals surface area contributed by atoms with Crippen molar-refractivity contribution in [1.29, 1.82) is 0 Å². The Hall–Kier alpha value is -0.840. The number of pyridine rings is 1. The van der Waals surface area contributed by atoms with Crippen LogP contribution in [0.1, 0.15) is 23.2 Å². The fourth-order valence-corrected chi connectivity index (χ4v) is 3.84. The summed E-state index contributed by atoms with van der Waals surface area (Å²) in [7, 11) is 0. The van der Waals surface area contributed by atoms with Gasteiger partial charge in [0.2, 0.25) is 0 Å². The second kappa shape index (κ2) is 5.65. The molecule has 0 amide bonds. The first-order chi connectivity index (χ1) is 9.28. The van der Waals surface area contributed by atoms with Gasteiger partial charge >= 0.3 is 0 Å². The summed E-state index contributed by atoms with van der Waals surface area (Å²) < 4.78 is 1.10. The van der Waals surface area contributed by atoms with E-state index in [4.69, 9.17) is 10.7 Å². The molecular formula is C15H15BrN2S. The van der Waals surface area contributed by atoms with Gasteiger partial charge in [0.25, 0.3) is 0 Å². The van der Waals surface area contributed by atoms with E-state index < -0.39 is 0 Å². The molecule has 0 spiro atoms. The lowest BCUT2D eigenvalue weighted by Gasteiger charge is -2.10. The van der Waals surface area contributed by atoms with Crippen molar-refractivity contribution in [2.45, 2.75) is 35.7 Å². The van der Waals surface area contributed by atoms with Crippen LogP contribution in [0.2, 0.25) is 0 Å². The summed E-state index contributed by atoms with van der Waals surface area (Å²) >= 11 is 5.28. The van der Waals surface area contributed by atoms with Crippen LogP contribution in [0.4, 0.5) is 0 Å². The minimum absolute atomic E-state index is 0.549. The molecule has 2 aromatic rings. The Balaban J connectivity index is 1.98. The minimum atomic E-state index is 0.549. The first-order valence-corrected chi connectivity index (χ1v) is 8.03. The third-order valence-corrected chi connectivity index (χ3v) is 5.43. The van der Waals surface area contributed by atoms with Crippen LogP contribution in [-0.2, 0) is 19.4 Å². The first kappa shape index (κ1) is 13.2. The smallest absolute Gasteiger partial charge is 0.106 e. The molecule has 4 heteroatoms. The predicted octanol–water partition coefficient (Wildman–Crippen LogP) is 3.94. The summed E-state index contributed by atoms with van der Waals surface area (Å²) in [5.74, 6) is 0. The molecule has 0 radical (unpaired) electrons. The van der Waals surface area contributed by atoms with Crippen LogP contribution in [0.3, 0.4) is 0 Å². The molecule has 0 fully saturated rings. The molecule has 0 aliphatic heterocycles. The summed E-state index contributed by atoms with van der Waals surface area (Å²) in [6, 6.07) is 10.5. The average Bonchev–Trinajstić information content (AvgIpc) is 2.87. The van der Waals surface area contributed by atoms with Gasteiger partial charge in [-0.15, -0.1) is 0 Å². The van der Waals surface area contributed by atoms with Gasteiger partial charge in [-0.05, 0) is 58.5 Å². The van der Waals surface area contributed by atoms with Crippen LogP contribution in [0.25, 0.3) is 0 Å². The second-order valence-electron chi connectivity index (χ2n) is 4.65. The van der Waals surface area contributed by atoms with E-state index >= 15 is 0 Å². The summed E-state index contributed by atoms with van der Waals surface area (Å²) in [5, 5.41) is 1.05. The van der Waals surface area contributed by atoms with Crippen molar-refractivity contribution in [3.8, 4) is 0 Å². The van der Waals surface area contributed by atoms with Crippen molar-refractivity contribution < 1.29 is 0 Å². The molecule has 0 unspecified atom stereocenters. The molecule has 98 valence electrons. The number of nitrogens with two attached hydrogens (primary N) is 1. The maximum atomic E-state index is 5.87. The molecule has 1 aromatic carbocycles. The zero-order valence-electron chi connectivity index (χ0n) is 10.5.